The molecule has 1 N–H and O–H groups in total. The number of hydrogen-bond donors (Lipinski definition) is 1. The normalized spacial score (nSPS) is 14.5. The van der Waals surface area contributed by atoms with E-state index in [2.05, 4.69) is 35.2 Å². The Hall–Kier alpha value is -2.83. The number of anilines is 2. The minimum Gasteiger partial charge on any atom is -0.494 e. The highest BCUT2D eigenvalue weighted by Gasteiger charge is 2.17. The van der Waals surface area contributed by atoms with Crippen molar-refractivity contribution in [3.05, 3.63) is 58.6 Å². The fourth-order valence-corrected chi connectivity index (χ4v) is 4.38. The van der Waals surface area contributed by atoms with Gasteiger partial charge in [-0.05, 0) is 74.8 Å². The molecular weight excluding hydrogens is 436 g/mol. The minimum absolute atomic E-state index is 0.0426. The quantitative estimate of drug-likeness (QED) is 0.535. The SMILES string of the molecule is CCOc1ccc(CCC(=O)Nc2ccc3nc(N4CCN(C)CC4)cc(C)c3c2)c(Cl)c1. The van der Waals surface area contributed by atoms with Crippen LogP contribution in [0.4, 0.5) is 11.5 Å². The highest BCUT2D eigenvalue weighted by molar-refractivity contribution is 6.31. The van der Waals surface area contributed by atoms with E-state index in [4.69, 9.17) is 21.3 Å². The summed E-state index contributed by atoms with van der Waals surface area (Å²) in [7, 11) is 2.15. The molecular formula is C26H31ClN4O2. The zero-order valence-corrected chi connectivity index (χ0v) is 20.3. The second-order valence-electron chi connectivity index (χ2n) is 8.55. The summed E-state index contributed by atoms with van der Waals surface area (Å²) in [5.41, 5.74) is 3.82. The van der Waals surface area contributed by atoms with Crippen molar-refractivity contribution in [1.82, 2.24) is 9.88 Å². The molecule has 174 valence electrons. The van der Waals surface area contributed by atoms with Crippen LogP contribution in [0.3, 0.4) is 0 Å². The Balaban J connectivity index is 1.41. The number of carbonyl (C=O) groups excluding carboxylic acids is 1. The molecule has 1 saturated heterocycles. The minimum atomic E-state index is -0.0426. The van der Waals surface area contributed by atoms with Gasteiger partial charge in [0.2, 0.25) is 5.91 Å². The van der Waals surface area contributed by atoms with E-state index in [0.29, 0.717) is 24.5 Å². The van der Waals surface area contributed by atoms with E-state index in [1.807, 2.05) is 37.3 Å². The summed E-state index contributed by atoms with van der Waals surface area (Å²) < 4.78 is 5.46. The lowest BCUT2D eigenvalue weighted by molar-refractivity contribution is -0.116. The topological polar surface area (TPSA) is 57.7 Å². The molecule has 0 atom stereocenters. The fraction of sp³-hybridized carbons (Fsp3) is 0.385. The average Bonchev–Trinajstić information content (AvgIpc) is 2.79. The number of rotatable bonds is 7. The molecule has 33 heavy (non-hydrogen) atoms. The molecule has 1 aromatic heterocycles. The van der Waals surface area contributed by atoms with Crippen LogP contribution in [0, 0.1) is 6.92 Å². The second kappa shape index (κ2) is 10.4. The van der Waals surface area contributed by atoms with Crippen molar-refractivity contribution in [2.45, 2.75) is 26.7 Å². The second-order valence-corrected chi connectivity index (χ2v) is 8.96. The number of nitrogens with one attached hydrogen (secondary N) is 1. The summed E-state index contributed by atoms with van der Waals surface area (Å²) in [6.07, 6.45) is 0.922. The number of aryl methyl sites for hydroxylation is 2. The van der Waals surface area contributed by atoms with Crippen LogP contribution < -0.4 is 15.0 Å². The van der Waals surface area contributed by atoms with Gasteiger partial charge in [0, 0.05) is 48.7 Å². The zero-order valence-electron chi connectivity index (χ0n) is 19.5. The number of ether oxygens (including phenoxy) is 1. The lowest BCUT2D eigenvalue weighted by atomic mass is 10.1. The Morgan fingerprint density at radius 1 is 1.12 bits per heavy atom. The molecule has 0 spiro atoms. The van der Waals surface area contributed by atoms with Crippen molar-refractivity contribution < 1.29 is 9.53 Å². The van der Waals surface area contributed by atoms with Crippen LogP contribution in [-0.4, -0.2) is 55.6 Å². The first kappa shape index (κ1) is 23.3. The largest absolute Gasteiger partial charge is 0.494 e. The van der Waals surface area contributed by atoms with Gasteiger partial charge in [0.25, 0.3) is 0 Å². The Kier molecular flexibility index (Phi) is 7.36. The molecule has 1 aliphatic rings. The summed E-state index contributed by atoms with van der Waals surface area (Å²) >= 11 is 6.34. The van der Waals surface area contributed by atoms with Gasteiger partial charge in [-0.25, -0.2) is 4.98 Å². The lowest BCUT2D eigenvalue weighted by Gasteiger charge is -2.33. The first-order valence-corrected chi connectivity index (χ1v) is 11.9. The zero-order chi connectivity index (χ0) is 23.4. The fourth-order valence-electron chi connectivity index (χ4n) is 4.11. The molecule has 0 unspecified atom stereocenters. The third-order valence-corrected chi connectivity index (χ3v) is 6.42. The number of halogens is 1. The van der Waals surface area contributed by atoms with E-state index < -0.39 is 0 Å². The molecule has 0 aliphatic carbocycles. The summed E-state index contributed by atoms with van der Waals surface area (Å²) in [6, 6.07) is 13.7. The van der Waals surface area contributed by atoms with Gasteiger partial charge in [-0.1, -0.05) is 17.7 Å². The van der Waals surface area contributed by atoms with E-state index in [9.17, 15) is 4.79 Å². The third kappa shape index (κ3) is 5.75. The van der Waals surface area contributed by atoms with E-state index >= 15 is 0 Å². The highest BCUT2D eigenvalue weighted by atomic mass is 35.5. The van der Waals surface area contributed by atoms with Crippen LogP contribution in [0.25, 0.3) is 10.9 Å². The number of pyridine rings is 1. The first-order valence-electron chi connectivity index (χ1n) is 11.5. The van der Waals surface area contributed by atoms with Crippen molar-refractivity contribution in [3.63, 3.8) is 0 Å². The summed E-state index contributed by atoms with van der Waals surface area (Å²) in [5, 5.41) is 4.69. The summed E-state index contributed by atoms with van der Waals surface area (Å²) in [5.74, 6) is 1.72. The number of carbonyl (C=O) groups is 1. The van der Waals surface area contributed by atoms with Gasteiger partial charge in [-0.2, -0.15) is 0 Å². The summed E-state index contributed by atoms with van der Waals surface area (Å²) in [4.78, 5) is 22.1. The molecule has 1 aliphatic heterocycles. The van der Waals surface area contributed by atoms with Gasteiger partial charge in [0.15, 0.2) is 0 Å². The van der Waals surface area contributed by atoms with Gasteiger partial charge in [-0.15, -0.1) is 0 Å². The number of amides is 1. The van der Waals surface area contributed by atoms with Gasteiger partial charge in [-0.3, -0.25) is 4.79 Å². The number of likely N-dealkylation sites (N-methyl/N-ethyl adjacent to an activating group) is 1. The van der Waals surface area contributed by atoms with E-state index in [0.717, 1.165) is 65.5 Å². The van der Waals surface area contributed by atoms with Crippen LogP contribution in [0.15, 0.2) is 42.5 Å². The predicted octanol–water partition coefficient (Wildman–Crippen LogP) is 4.92. The van der Waals surface area contributed by atoms with Gasteiger partial charge < -0.3 is 19.9 Å². The monoisotopic (exact) mass is 466 g/mol. The average molecular weight is 467 g/mol. The highest BCUT2D eigenvalue weighted by Crippen LogP contribution is 2.27. The van der Waals surface area contributed by atoms with Crippen LogP contribution in [0.1, 0.15) is 24.5 Å². The van der Waals surface area contributed by atoms with E-state index in [1.54, 1.807) is 6.07 Å². The maximum atomic E-state index is 12.6. The Bertz CT molecular complexity index is 1140. The number of nitrogens with zero attached hydrogens (tertiary/aromatic N) is 3. The number of fused-ring (bicyclic) bond motifs is 1. The smallest absolute Gasteiger partial charge is 0.224 e. The molecule has 6 nitrogen and oxygen atoms in total. The van der Waals surface area contributed by atoms with Crippen molar-refractivity contribution in [3.8, 4) is 5.75 Å². The van der Waals surface area contributed by atoms with Crippen LogP contribution in [0.5, 0.6) is 5.75 Å². The van der Waals surface area contributed by atoms with Crippen molar-refractivity contribution in [1.29, 1.82) is 0 Å². The van der Waals surface area contributed by atoms with Crippen LogP contribution in [-0.2, 0) is 11.2 Å². The number of hydrogen-bond acceptors (Lipinski definition) is 5. The molecule has 3 aromatic rings. The molecule has 4 rings (SSSR count). The predicted molar refractivity (Wildman–Crippen MR) is 136 cm³/mol. The first-order chi connectivity index (χ1) is 15.9. The third-order valence-electron chi connectivity index (χ3n) is 6.07. The number of piperazine rings is 1. The molecule has 7 heteroatoms. The van der Waals surface area contributed by atoms with Gasteiger partial charge in [0.1, 0.15) is 11.6 Å². The Morgan fingerprint density at radius 2 is 1.91 bits per heavy atom. The van der Waals surface area contributed by atoms with Crippen LogP contribution >= 0.6 is 11.6 Å². The van der Waals surface area contributed by atoms with E-state index in [-0.39, 0.29) is 5.91 Å². The molecule has 1 amide bonds. The van der Waals surface area contributed by atoms with Crippen molar-refractivity contribution in [2.24, 2.45) is 0 Å². The van der Waals surface area contributed by atoms with Gasteiger partial charge >= 0.3 is 0 Å². The van der Waals surface area contributed by atoms with E-state index in [1.165, 1.54) is 0 Å². The lowest BCUT2D eigenvalue weighted by Crippen LogP contribution is -2.44. The molecule has 1 fully saturated rings. The summed E-state index contributed by atoms with van der Waals surface area (Å²) in [6.45, 7) is 8.70. The number of aromatic nitrogens is 1. The standard InChI is InChI=1S/C26H31ClN4O2/c1-4-33-21-8-5-19(23(27)17-21)6-10-26(32)28-20-7-9-24-22(16-20)18(2)15-25(29-24)31-13-11-30(3)12-14-31/h5,7-9,15-17H,4,6,10-14H2,1-3H3,(H,28,32). The molecule has 2 heterocycles. The number of benzene rings is 2. The maximum absolute atomic E-state index is 12.6. The maximum Gasteiger partial charge on any atom is 0.224 e. The molecule has 2 aromatic carbocycles. The van der Waals surface area contributed by atoms with Crippen molar-refractivity contribution in [2.75, 3.05) is 50.1 Å². The van der Waals surface area contributed by atoms with Crippen molar-refractivity contribution >= 4 is 39.9 Å². The van der Waals surface area contributed by atoms with Crippen LogP contribution in [0.2, 0.25) is 5.02 Å². The van der Waals surface area contributed by atoms with Gasteiger partial charge in [0.05, 0.1) is 12.1 Å². The molecule has 0 bridgehead atoms. The molecule has 0 radical (unpaired) electrons. The Labute approximate surface area is 200 Å². The Morgan fingerprint density at radius 3 is 2.64 bits per heavy atom. The molecule has 0 saturated carbocycles.